The first-order valence-electron chi connectivity index (χ1n) is 25.5. The van der Waals surface area contributed by atoms with Crippen molar-refractivity contribution in [3.8, 4) is 22.3 Å². The zero-order valence-corrected chi connectivity index (χ0v) is 42.5. The van der Waals surface area contributed by atoms with E-state index in [0.717, 1.165) is 0 Å². The van der Waals surface area contributed by atoms with Gasteiger partial charge in [0.05, 0.1) is 5.41 Å². The topological polar surface area (TPSA) is 0 Å². The Kier molecular flexibility index (Phi) is 11.2. The fraction of sp³-hybridized carbons (Fsp3) is 0.0141. The van der Waals surface area contributed by atoms with Gasteiger partial charge in [0.1, 0.15) is 0 Å². The van der Waals surface area contributed by atoms with Gasteiger partial charge in [-0.3, -0.25) is 0 Å². The lowest BCUT2D eigenvalue weighted by molar-refractivity contribution is 0.769. The van der Waals surface area contributed by atoms with Crippen molar-refractivity contribution in [1.82, 2.24) is 0 Å². The van der Waals surface area contributed by atoms with Gasteiger partial charge in [0, 0.05) is 0 Å². The first-order chi connectivity index (χ1) is 36.2. The van der Waals surface area contributed by atoms with E-state index in [0.29, 0.717) is 0 Å². The van der Waals surface area contributed by atoms with E-state index in [1.165, 1.54) is 96.8 Å². The molecular formula is C71H52Si2. The molecule has 0 atom stereocenters. The van der Waals surface area contributed by atoms with E-state index in [2.05, 4.69) is 315 Å². The highest BCUT2D eigenvalue weighted by atomic mass is 28.3. The number of benzene rings is 12. The van der Waals surface area contributed by atoms with E-state index < -0.39 is 21.6 Å². The van der Waals surface area contributed by atoms with Crippen LogP contribution in [0.1, 0.15) is 22.3 Å². The zero-order valence-electron chi connectivity index (χ0n) is 40.5. The van der Waals surface area contributed by atoms with Crippen LogP contribution in [0, 0.1) is 0 Å². The Hall–Kier alpha value is -8.67. The third-order valence-corrected chi connectivity index (χ3v) is 25.4. The van der Waals surface area contributed by atoms with E-state index in [9.17, 15) is 0 Å². The predicted octanol–water partition coefficient (Wildman–Crippen LogP) is 11.6. The highest BCUT2D eigenvalue weighted by Gasteiger charge is 2.49. The molecular weight excluding hydrogens is 909 g/mol. The minimum atomic E-state index is -2.87. The average Bonchev–Trinajstić information content (AvgIpc) is 3.78. The molecule has 0 radical (unpaired) electrons. The SMILES string of the molecule is c1ccc(C2(c3ccccc3)c3cc(-c4ccc5cc([Si](c6ccccc6)(c6ccccc6)c6ccccc6)ccc5c4)ccc3-c3ccc([Si](c4ccccc4)(c4ccccc4)c4ccccc4)cc32)cc1. The minimum absolute atomic E-state index is 0.602. The summed E-state index contributed by atoms with van der Waals surface area (Å²) in [5.41, 5.74) is 9.52. The van der Waals surface area contributed by atoms with Crippen molar-refractivity contribution in [2.45, 2.75) is 5.41 Å². The average molecular weight is 961 g/mol. The van der Waals surface area contributed by atoms with E-state index in [-0.39, 0.29) is 0 Å². The van der Waals surface area contributed by atoms with Gasteiger partial charge in [0.2, 0.25) is 0 Å². The van der Waals surface area contributed by atoms with Crippen LogP contribution in [0.4, 0.5) is 0 Å². The van der Waals surface area contributed by atoms with Gasteiger partial charge in [-0.15, -0.1) is 0 Å². The second-order valence-electron chi connectivity index (χ2n) is 19.5. The van der Waals surface area contributed by atoms with Crippen LogP contribution >= 0.6 is 0 Å². The summed E-state index contributed by atoms with van der Waals surface area (Å²) in [4.78, 5) is 0. The molecule has 0 saturated carbocycles. The van der Waals surface area contributed by atoms with E-state index >= 15 is 0 Å². The summed E-state index contributed by atoms with van der Waals surface area (Å²) >= 11 is 0. The summed E-state index contributed by atoms with van der Waals surface area (Å²) < 4.78 is 0. The molecule has 0 aliphatic heterocycles. The van der Waals surface area contributed by atoms with Crippen molar-refractivity contribution in [3.63, 3.8) is 0 Å². The lowest BCUT2D eigenvalue weighted by Gasteiger charge is -2.37. The van der Waals surface area contributed by atoms with Crippen LogP contribution in [-0.4, -0.2) is 16.1 Å². The second kappa shape index (κ2) is 18.5. The lowest BCUT2D eigenvalue weighted by Crippen LogP contribution is -2.74. The molecule has 0 amide bonds. The maximum Gasteiger partial charge on any atom is 0.179 e. The van der Waals surface area contributed by atoms with Crippen LogP contribution < -0.4 is 41.5 Å². The summed E-state index contributed by atoms with van der Waals surface area (Å²) in [7, 11) is -5.56. The van der Waals surface area contributed by atoms with Gasteiger partial charge in [-0.05, 0) is 109 Å². The van der Waals surface area contributed by atoms with Gasteiger partial charge >= 0.3 is 0 Å². The zero-order chi connectivity index (χ0) is 48.7. The monoisotopic (exact) mass is 960 g/mol. The number of hydrogen-bond donors (Lipinski definition) is 0. The van der Waals surface area contributed by atoms with Crippen LogP contribution in [0.5, 0.6) is 0 Å². The maximum absolute atomic E-state index is 2.87. The van der Waals surface area contributed by atoms with Gasteiger partial charge in [0.25, 0.3) is 0 Å². The quantitative estimate of drug-likeness (QED) is 0.0895. The van der Waals surface area contributed by atoms with Crippen LogP contribution in [0.25, 0.3) is 33.0 Å². The van der Waals surface area contributed by atoms with Crippen LogP contribution in [0.15, 0.2) is 315 Å². The third-order valence-electron chi connectivity index (χ3n) is 15.8. The van der Waals surface area contributed by atoms with Crippen LogP contribution in [0.2, 0.25) is 0 Å². The van der Waals surface area contributed by atoms with Gasteiger partial charge in [-0.25, -0.2) is 0 Å². The summed E-state index contributed by atoms with van der Waals surface area (Å²) in [5.74, 6) is 0. The molecule has 12 aromatic rings. The number of hydrogen-bond acceptors (Lipinski definition) is 0. The molecule has 0 aromatic heterocycles. The van der Waals surface area contributed by atoms with Gasteiger partial charge in [-0.1, -0.05) is 303 Å². The number of fused-ring (bicyclic) bond motifs is 4. The fourth-order valence-corrected chi connectivity index (χ4v) is 22.2. The molecule has 0 nitrogen and oxygen atoms in total. The van der Waals surface area contributed by atoms with E-state index in [1.807, 2.05) is 0 Å². The Morgan fingerprint density at radius 2 is 0.493 bits per heavy atom. The second-order valence-corrected chi connectivity index (χ2v) is 27.1. The maximum atomic E-state index is 2.62. The molecule has 0 N–H and O–H groups in total. The summed E-state index contributed by atoms with van der Waals surface area (Å²) in [5, 5.41) is 13.5. The van der Waals surface area contributed by atoms with Crippen molar-refractivity contribution < 1.29 is 0 Å². The molecule has 73 heavy (non-hydrogen) atoms. The molecule has 0 bridgehead atoms. The molecule has 0 spiro atoms. The van der Waals surface area contributed by atoms with Crippen LogP contribution in [0.3, 0.4) is 0 Å². The predicted molar refractivity (Wildman–Crippen MR) is 314 cm³/mol. The van der Waals surface area contributed by atoms with Gasteiger partial charge in [0.15, 0.2) is 16.1 Å². The first-order valence-corrected chi connectivity index (χ1v) is 29.5. The van der Waals surface area contributed by atoms with Crippen molar-refractivity contribution >= 4 is 68.4 Å². The molecule has 344 valence electrons. The van der Waals surface area contributed by atoms with Gasteiger partial charge < -0.3 is 0 Å². The molecule has 1 aliphatic carbocycles. The van der Waals surface area contributed by atoms with E-state index in [1.54, 1.807) is 0 Å². The molecule has 0 unspecified atom stereocenters. The molecule has 12 aromatic carbocycles. The minimum Gasteiger partial charge on any atom is -0.0623 e. The Morgan fingerprint density at radius 1 is 0.205 bits per heavy atom. The summed E-state index contributed by atoms with van der Waals surface area (Å²) in [6, 6.07) is 119. The standard InChI is InChI=1S/C71H52Si2/c1-9-25-57(26-10-1)71(58-27-11-2-12-28-58)69-51-56(44-47-67(69)68-48-46-66(52-70(68)71)73(62-35-19-6-20-36-62,63-37-21-7-22-38-63)64-39-23-8-24-40-64)53-41-42-55-50-65(45-43-54(55)49-53)72(59-29-13-3-14-30-59,60-31-15-4-16-32-60)61-33-17-5-18-34-61/h1-52H. The highest BCUT2D eigenvalue weighted by Crippen LogP contribution is 2.56. The van der Waals surface area contributed by atoms with Crippen molar-refractivity contribution in [2.75, 3.05) is 0 Å². The van der Waals surface area contributed by atoms with Crippen molar-refractivity contribution in [3.05, 3.63) is 338 Å². The third kappa shape index (κ3) is 7.09. The fourth-order valence-electron chi connectivity index (χ4n) is 12.7. The lowest BCUT2D eigenvalue weighted by atomic mass is 9.67. The summed E-state index contributed by atoms with van der Waals surface area (Å²) in [6.07, 6.45) is 0. The number of rotatable bonds is 11. The smallest absolute Gasteiger partial charge is 0.0623 e. The van der Waals surface area contributed by atoms with E-state index in [4.69, 9.17) is 0 Å². The molecule has 0 heterocycles. The summed E-state index contributed by atoms with van der Waals surface area (Å²) in [6.45, 7) is 0. The first kappa shape index (κ1) is 44.3. The molecule has 0 fully saturated rings. The Morgan fingerprint density at radius 3 is 0.904 bits per heavy atom. The Balaban J connectivity index is 1.01. The largest absolute Gasteiger partial charge is 0.179 e. The Labute approximate surface area is 431 Å². The molecule has 0 saturated heterocycles. The molecule has 13 rings (SSSR count). The molecule has 2 heteroatoms. The highest BCUT2D eigenvalue weighted by molar-refractivity contribution is 7.20. The molecule has 1 aliphatic rings. The van der Waals surface area contributed by atoms with Crippen LogP contribution in [-0.2, 0) is 5.41 Å². The van der Waals surface area contributed by atoms with Crippen molar-refractivity contribution in [1.29, 1.82) is 0 Å². The van der Waals surface area contributed by atoms with Gasteiger partial charge in [-0.2, -0.15) is 0 Å². The Bertz CT molecular complexity index is 3630. The van der Waals surface area contributed by atoms with Crippen molar-refractivity contribution in [2.24, 2.45) is 0 Å². The normalized spacial score (nSPS) is 12.8.